The molecule has 10 heteroatoms. The number of oxime groups is 1. The van der Waals surface area contributed by atoms with Crippen molar-refractivity contribution in [1.82, 2.24) is 15.6 Å². The Morgan fingerprint density at radius 1 is 1.04 bits per heavy atom. The minimum atomic E-state index is -1.16. The van der Waals surface area contributed by atoms with E-state index in [-0.39, 0.29) is 36.3 Å². The van der Waals surface area contributed by atoms with Crippen LogP contribution in [0.4, 0.5) is 0 Å². The fraction of sp³-hybridized carbons (Fsp3) is 0.583. The summed E-state index contributed by atoms with van der Waals surface area (Å²) < 4.78 is 0. The average Bonchev–Trinajstić information content (AvgIpc) is 3.60. The van der Waals surface area contributed by atoms with E-state index in [1.807, 2.05) is 24.3 Å². The van der Waals surface area contributed by atoms with Crippen molar-refractivity contribution < 1.29 is 29.1 Å². The Morgan fingerprint density at radius 3 is 2.63 bits per heavy atom. The molecule has 0 aliphatic heterocycles. The third-order valence-corrected chi connectivity index (χ3v) is 12.0. The molecule has 0 radical (unpaired) electrons. The summed E-state index contributed by atoms with van der Waals surface area (Å²) >= 11 is 0. The highest BCUT2D eigenvalue weighted by Gasteiger charge is 2.59. The van der Waals surface area contributed by atoms with Crippen molar-refractivity contribution in [3.05, 3.63) is 47.7 Å². The van der Waals surface area contributed by atoms with E-state index in [0.29, 0.717) is 23.5 Å². The lowest BCUT2D eigenvalue weighted by Gasteiger charge is -2.58. The zero-order chi connectivity index (χ0) is 32.6. The summed E-state index contributed by atoms with van der Waals surface area (Å²) in [6.07, 6.45) is 12.5. The number of Topliss-reactive ketones (excluding diaryl/α,β-unsaturated/α-hetero) is 1. The average molecular weight is 631 g/mol. The lowest BCUT2D eigenvalue weighted by Crippen LogP contribution is -2.51. The number of nitrogens with one attached hydrogen (secondary N) is 3. The summed E-state index contributed by atoms with van der Waals surface area (Å²) in [4.78, 5) is 57.6. The topological polar surface area (TPSA) is 150 Å². The van der Waals surface area contributed by atoms with Gasteiger partial charge in [-0.2, -0.15) is 0 Å². The van der Waals surface area contributed by atoms with Gasteiger partial charge in [-0.3, -0.25) is 14.4 Å². The third-order valence-electron chi connectivity index (χ3n) is 12.0. The molecule has 46 heavy (non-hydrogen) atoms. The van der Waals surface area contributed by atoms with E-state index in [1.165, 1.54) is 18.4 Å². The number of ketones is 1. The van der Waals surface area contributed by atoms with Gasteiger partial charge in [0.1, 0.15) is 11.8 Å². The normalized spacial score (nSPS) is 31.6. The second kappa shape index (κ2) is 12.7. The Labute approximate surface area is 269 Å². The lowest BCUT2D eigenvalue weighted by molar-refractivity contribution is -0.141. The number of aromatic amines is 1. The van der Waals surface area contributed by atoms with Crippen molar-refractivity contribution in [2.45, 2.75) is 84.6 Å². The van der Waals surface area contributed by atoms with E-state index in [4.69, 9.17) is 4.84 Å². The number of para-hydroxylation sites is 1. The Morgan fingerprint density at radius 2 is 1.85 bits per heavy atom. The van der Waals surface area contributed by atoms with Gasteiger partial charge in [0.25, 0.3) is 5.91 Å². The molecule has 1 aromatic heterocycles. The molecule has 0 bridgehead atoms. The second-order valence-electron chi connectivity index (χ2n) is 14.4. The summed E-state index contributed by atoms with van der Waals surface area (Å²) in [5.74, 6) is 0.238. The number of hydrogen-bond donors (Lipinski definition) is 4. The molecular formula is C36H46N4O6. The van der Waals surface area contributed by atoms with Crippen LogP contribution in [0.3, 0.4) is 0 Å². The van der Waals surface area contributed by atoms with E-state index in [0.717, 1.165) is 60.7 Å². The molecule has 3 fully saturated rings. The standard InChI is InChI=1S/C36H46N4O6/c1-21(41)27-10-11-28-26-9-8-23-17-24(12-14-35(23,2)29(26)13-15-36(27,28)3)40-46-20-33(43)38-19-32(42)39-31(34(44)45)16-22-18-37-30-7-5-4-6-25(22)30/h4-7,17-18,26-29,31,37H,8-16,19-20H2,1-3H3,(H,38,43)(H,39,42)(H,44,45)/t26-,27-,28+,29+,31-,35-,36+/m0/s1. The Kier molecular flexibility index (Phi) is 8.83. The van der Waals surface area contributed by atoms with E-state index < -0.39 is 23.8 Å². The van der Waals surface area contributed by atoms with Crippen LogP contribution < -0.4 is 10.6 Å². The van der Waals surface area contributed by atoms with Crippen molar-refractivity contribution in [2.75, 3.05) is 13.2 Å². The fourth-order valence-corrected chi connectivity index (χ4v) is 9.68. The van der Waals surface area contributed by atoms with Gasteiger partial charge in [0, 0.05) is 29.4 Å². The quantitative estimate of drug-likeness (QED) is 0.273. The Hall–Kier alpha value is -3.95. The minimum absolute atomic E-state index is 0.107. The van der Waals surface area contributed by atoms with E-state index in [2.05, 4.69) is 40.7 Å². The van der Waals surface area contributed by atoms with Gasteiger partial charge in [-0.1, -0.05) is 42.8 Å². The maximum atomic E-state index is 12.5. The van der Waals surface area contributed by atoms with Crippen LogP contribution in [0.25, 0.3) is 10.9 Å². The van der Waals surface area contributed by atoms with Gasteiger partial charge in [-0.05, 0) is 105 Å². The molecule has 0 spiro atoms. The summed E-state index contributed by atoms with van der Waals surface area (Å²) in [5.41, 5.74) is 4.20. The number of aromatic nitrogens is 1. The van der Waals surface area contributed by atoms with Gasteiger partial charge in [0.05, 0.1) is 12.3 Å². The van der Waals surface area contributed by atoms with Gasteiger partial charge < -0.3 is 25.6 Å². The Bertz CT molecular complexity index is 1590. The summed E-state index contributed by atoms with van der Waals surface area (Å²) in [7, 11) is 0. The zero-order valence-corrected chi connectivity index (χ0v) is 27.1. The number of hydrogen-bond acceptors (Lipinski definition) is 6. The molecule has 10 nitrogen and oxygen atoms in total. The number of rotatable bonds is 10. The molecule has 4 aliphatic carbocycles. The third kappa shape index (κ3) is 5.98. The highest BCUT2D eigenvalue weighted by Crippen LogP contribution is 2.66. The first-order chi connectivity index (χ1) is 22.0. The number of H-pyrrole nitrogens is 1. The molecule has 3 saturated carbocycles. The van der Waals surface area contributed by atoms with Crippen molar-refractivity contribution in [2.24, 2.45) is 39.7 Å². The molecule has 1 heterocycles. The lowest BCUT2D eigenvalue weighted by atomic mass is 9.46. The molecule has 1 aromatic carbocycles. The molecule has 7 atom stereocenters. The van der Waals surface area contributed by atoms with Gasteiger partial charge in [-0.25, -0.2) is 4.79 Å². The minimum Gasteiger partial charge on any atom is -0.480 e. The maximum Gasteiger partial charge on any atom is 0.326 e. The second-order valence-corrected chi connectivity index (χ2v) is 14.4. The number of carbonyl (C=O) groups is 4. The summed E-state index contributed by atoms with van der Waals surface area (Å²) in [5, 5.41) is 19.8. The van der Waals surface area contributed by atoms with Crippen LogP contribution in [-0.2, 0) is 30.4 Å². The highest BCUT2D eigenvalue weighted by molar-refractivity contribution is 5.96. The van der Waals surface area contributed by atoms with E-state index in [9.17, 15) is 24.3 Å². The Balaban J connectivity index is 0.983. The van der Waals surface area contributed by atoms with Crippen LogP contribution in [0, 0.1) is 34.5 Å². The smallest absolute Gasteiger partial charge is 0.326 e. The van der Waals surface area contributed by atoms with Gasteiger partial charge in [0.2, 0.25) is 5.91 Å². The van der Waals surface area contributed by atoms with Crippen LogP contribution in [0.15, 0.2) is 47.3 Å². The number of nitrogens with zero attached hydrogens (tertiary/aromatic N) is 1. The largest absolute Gasteiger partial charge is 0.480 e. The zero-order valence-electron chi connectivity index (χ0n) is 27.1. The van der Waals surface area contributed by atoms with Crippen LogP contribution >= 0.6 is 0 Å². The number of carboxylic acid groups (broad SMARTS) is 1. The fourth-order valence-electron chi connectivity index (χ4n) is 9.68. The molecule has 2 amide bonds. The van der Waals surface area contributed by atoms with Crippen LogP contribution in [0.1, 0.15) is 77.7 Å². The predicted octanol–water partition coefficient (Wildman–Crippen LogP) is 4.94. The number of amides is 2. The molecule has 246 valence electrons. The van der Waals surface area contributed by atoms with Crippen molar-refractivity contribution in [1.29, 1.82) is 0 Å². The molecule has 6 rings (SSSR count). The van der Waals surface area contributed by atoms with Crippen molar-refractivity contribution in [3.8, 4) is 0 Å². The highest BCUT2D eigenvalue weighted by atomic mass is 16.6. The first-order valence-electron chi connectivity index (χ1n) is 16.7. The number of carbonyl (C=O) groups excluding carboxylic acids is 3. The summed E-state index contributed by atoms with van der Waals surface area (Å²) in [6.45, 7) is 5.88. The van der Waals surface area contributed by atoms with Gasteiger partial charge in [-0.15, -0.1) is 0 Å². The van der Waals surface area contributed by atoms with E-state index >= 15 is 0 Å². The van der Waals surface area contributed by atoms with Gasteiger partial charge in [0.15, 0.2) is 6.61 Å². The van der Waals surface area contributed by atoms with Crippen LogP contribution in [0.5, 0.6) is 0 Å². The van der Waals surface area contributed by atoms with Crippen molar-refractivity contribution in [3.63, 3.8) is 0 Å². The first-order valence-corrected chi connectivity index (χ1v) is 16.7. The van der Waals surface area contributed by atoms with Crippen LogP contribution in [-0.4, -0.2) is 58.6 Å². The molecule has 0 saturated heterocycles. The van der Waals surface area contributed by atoms with E-state index in [1.54, 1.807) is 13.1 Å². The number of carboxylic acids is 1. The molecule has 0 unspecified atom stereocenters. The molecular weight excluding hydrogens is 584 g/mol. The number of aliphatic carboxylic acids is 1. The number of allylic oxidation sites excluding steroid dienone is 2. The summed E-state index contributed by atoms with van der Waals surface area (Å²) in [6, 6.07) is 6.41. The monoisotopic (exact) mass is 630 g/mol. The molecule has 2 aromatic rings. The SMILES string of the molecule is CC(=O)[C@@H]1CC[C@@H]2[C@@H]3CCC4=CC(=NOCC(=O)NCC(=O)N[C@@H](Cc5c[nH]c6ccccc56)C(=O)O)CC[C@]4(C)[C@@H]3CC[C@@]21C. The predicted molar refractivity (Wildman–Crippen MR) is 174 cm³/mol. The van der Waals surface area contributed by atoms with Gasteiger partial charge >= 0.3 is 5.97 Å². The number of benzene rings is 1. The molecule has 4 aliphatic rings. The molecule has 4 N–H and O–H groups in total. The van der Waals surface area contributed by atoms with Crippen LogP contribution in [0.2, 0.25) is 0 Å². The van der Waals surface area contributed by atoms with Crippen molar-refractivity contribution >= 4 is 40.2 Å². The maximum absolute atomic E-state index is 12.5. The number of fused-ring (bicyclic) bond motifs is 6. The first kappa shape index (κ1) is 32.0.